The molecule has 1 fully saturated rings. The van der Waals surface area contributed by atoms with Crippen molar-refractivity contribution < 1.29 is 18.9 Å². The largest absolute Gasteiger partial charge is 0.271 e. The Morgan fingerprint density at radius 3 is 2.47 bits per heavy atom. The average Bonchev–Trinajstić information content (AvgIpc) is 3.06. The molecule has 0 atom stereocenters. The summed E-state index contributed by atoms with van der Waals surface area (Å²) >= 11 is 0. The third-order valence-corrected chi connectivity index (χ3v) is 3.40. The molecule has 1 aromatic rings. The summed E-state index contributed by atoms with van der Waals surface area (Å²) in [5, 5.41) is 10.6. The molecule has 7 heteroatoms. The van der Waals surface area contributed by atoms with E-state index < -0.39 is 22.4 Å². The first-order valence-electron chi connectivity index (χ1n) is 5.75. The van der Waals surface area contributed by atoms with E-state index >= 15 is 0 Å². The number of nitro benzene ring substituents is 1. The molecule has 0 unspecified atom stereocenters. The molecule has 3 rings (SSSR count). The minimum atomic E-state index is -1.47. The van der Waals surface area contributed by atoms with Gasteiger partial charge in [0.1, 0.15) is 5.67 Å². The first-order valence-corrected chi connectivity index (χ1v) is 5.75. The lowest BCUT2D eigenvalue weighted by molar-refractivity contribution is -0.384. The monoisotopic (exact) mass is 264 g/mol. The number of carbonyl (C=O) groups is 2. The molecular formula is C12H9FN2O4. The Hall–Kier alpha value is -2.31. The van der Waals surface area contributed by atoms with E-state index in [9.17, 15) is 24.1 Å². The summed E-state index contributed by atoms with van der Waals surface area (Å²) < 4.78 is 13.7. The molecule has 98 valence electrons. The molecule has 1 saturated carbocycles. The van der Waals surface area contributed by atoms with Crippen LogP contribution in [0, 0.1) is 10.1 Å². The van der Waals surface area contributed by atoms with Gasteiger partial charge in [-0.3, -0.25) is 24.6 Å². The van der Waals surface area contributed by atoms with Crippen molar-refractivity contribution in [3.63, 3.8) is 0 Å². The Labute approximate surface area is 107 Å². The van der Waals surface area contributed by atoms with Crippen molar-refractivity contribution in [3.05, 3.63) is 39.4 Å². The molecule has 0 spiro atoms. The summed E-state index contributed by atoms with van der Waals surface area (Å²) in [4.78, 5) is 34.8. The number of benzene rings is 1. The van der Waals surface area contributed by atoms with Crippen molar-refractivity contribution in [1.29, 1.82) is 0 Å². The van der Waals surface area contributed by atoms with Crippen LogP contribution in [0.2, 0.25) is 0 Å². The van der Waals surface area contributed by atoms with E-state index in [1.165, 1.54) is 6.07 Å². The molecule has 0 aromatic heterocycles. The predicted molar refractivity (Wildman–Crippen MR) is 61.5 cm³/mol. The van der Waals surface area contributed by atoms with Gasteiger partial charge in [-0.25, -0.2) is 4.39 Å². The fourth-order valence-corrected chi connectivity index (χ4v) is 2.11. The summed E-state index contributed by atoms with van der Waals surface area (Å²) in [6.07, 6.45) is 0.668. The molecule has 2 amide bonds. The van der Waals surface area contributed by atoms with Crippen LogP contribution in [-0.4, -0.2) is 33.9 Å². The van der Waals surface area contributed by atoms with Crippen LogP contribution < -0.4 is 0 Å². The van der Waals surface area contributed by atoms with Crippen molar-refractivity contribution in [3.8, 4) is 0 Å². The van der Waals surface area contributed by atoms with Gasteiger partial charge in [0.2, 0.25) is 0 Å². The van der Waals surface area contributed by atoms with Gasteiger partial charge in [0.15, 0.2) is 0 Å². The van der Waals surface area contributed by atoms with Crippen LogP contribution in [0.25, 0.3) is 0 Å². The molecule has 2 aliphatic rings. The molecular weight excluding hydrogens is 255 g/mol. The zero-order valence-corrected chi connectivity index (χ0v) is 9.76. The number of hydrogen-bond donors (Lipinski definition) is 0. The van der Waals surface area contributed by atoms with Crippen molar-refractivity contribution in [2.24, 2.45) is 0 Å². The second-order valence-electron chi connectivity index (χ2n) is 4.83. The highest BCUT2D eigenvalue weighted by atomic mass is 19.1. The molecule has 6 nitrogen and oxygen atoms in total. The third kappa shape index (κ3) is 1.78. The lowest BCUT2D eigenvalue weighted by Crippen LogP contribution is -2.36. The molecule has 1 heterocycles. The highest BCUT2D eigenvalue weighted by Crippen LogP contribution is 2.42. The zero-order chi connectivity index (χ0) is 13.8. The van der Waals surface area contributed by atoms with Gasteiger partial charge in [-0.05, 0) is 18.9 Å². The second-order valence-corrected chi connectivity index (χ2v) is 4.83. The Balaban J connectivity index is 1.97. The number of nitro groups is 1. The lowest BCUT2D eigenvalue weighted by atomic mass is 10.1. The highest BCUT2D eigenvalue weighted by Gasteiger charge is 2.49. The van der Waals surface area contributed by atoms with Gasteiger partial charge in [0.25, 0.3) is 17.5 Å². The normalized spacial score (nSPS) is 19.5. The van der Waals surface area contributed by atoms with Gasteiger partial charge in [-0.1, -0.05) is 0 Å². The topological polar surface area (TPSA) is 80.5 Å². The van der Waals surface area contributed by atoms with Crippen molar-refractivity contribution in [2.75, 3.05) is 6.54 Å². The maximum atomic E-state index is 13.7. The average molecular weight is 264 g/mol. The Morgan fingerprint density at radius 1 is 1.26 bits per heavy atom. The number of amides is 2. The van der Waals surface area contributed by atoms with E-state index in [2.05, 4.69) is 0 Å². The Kier molecular flexibility index (Phi) is 2.23. The standard InChI is InChI=1S/C12H9FN2O4/c13-12(3-4-12)6-14-10(16)8-2-1-7(15(18)19)5-9(8)11(14)17/h1-2,5H,3-4,6H2. The summed E-state index contributed by atoms with van der Waals surface area (Å²) in [5.74, 6) is -1.24. The van der Waals surface area contributed by atoms with Crippen LogP contribution in [-0.2, 0) is 0 Å². The van der Waals surface area contributed by atoms with E-state index in [0.29, 0.717) is 12.8 Å². The van der Waals surface area contributed by atoms with Gasteiger partial charge in [-0.2, -0.15) is 0 Å². The third-order valence-electron chi connectivity index (χ3n) is 3.40. The number of imide groups is 1. The first kappa shape index (κ1) is 11.8. The number of alkyl halides is 1. The smallest absolute Gasteiger partial charge is 0.270 e. The summed E-state index contributed by atoms with van der Waals surface area (Å²) in [7, 11) is 0. The molecule has 19 heavy (non-hydrogen) atoms. The molecule has 1 aromatic carbocycles. The quantitative estimate of drug-likeness (QED) is 0.472. The maximum Gasteiger partial charge on any atom is 0.270 e. The zero-order valence-electron chi connectivity index (χ0n) is 9.76. The maximum absolute atomic E-state index is 13.7. The number of carbonyl (C=O) groups excluding carboxylic acids is 2. The van der Waals surface area contributed by atoms with E-state index in [1.807, 2.05) is 0 Å². The number of nitrogens with zero attached hydrogens (tertiary/aromatic N) is 2. The molecule has 0 radical (unpaired) electrons. The summed E-state index contributed by atoms with van der Waals surface area (Å²) in [6.45, 7) is -0.271. The fourth-order valence-electron chi connectivity index (χ4n) is 2.11. The van der Waals surface area contributed by atoms with Crippen LogP contribution in [0.4, 0.5) is 10.1 Å². The van der Waals surface area contributed by atoms with Gasteiger partial charge in [-0.15, -0.1) is 0 Å². The van der Waals surface area contributed by atoms with Crippen molar-refractivity contribution in [1.82, 2.24) is 4.90 Å². The lowest BCUT2D eigenvalue weighted by Gasteiger charge is -2.15. The van der Waals surface area contributed by atoms with Gasteiger partial charge >= 0.3 is 0 Å². The molecule has 1 aliphatic carbocycles. The summed E-state index contributed by atoms with van der Waals surface area (Å²) in [5.41, 5.74) is -1.66. The first-order chi connectivity index (χ1) is 8.91. The summed E-state index contributed by atoms with van der Waals surface area (Å²) in [6, 6.07) is 3.47. The van der Waals surface area contributed by atoms with Crippen molar-refractivity contribution >= 4 is 17.5 Å². The van der Waals surface area contributed by atoms with Gasteiger partial charge < -0.3 is 0 Å². The fraction of sp³-hybridized carbons (Fsp3) is 0.333. The van der Waals surface area contributed by atoms with E-state index in [4.69, 9.17) is 0 Å². The molecule has 0 bridgehead atoms. The number of rotatable bonds is 3. The van der Waals surface area contributed by atoms with Crippen LogP contribution >= 0.6 is 0 Å². The second kappa shape index (κ2) is 3.59. The number of fused-ring (bicyclic) bond motifs is 1. The van der Waals surface area contributed by atoms with E-state index in [0.717, 1.165) is 17.0 Å². The molecule has 1 aliphatic heterocycles. The van der Waals surface area contributed by atoms with E-state index in [1.54, 1.807) is 0 Å². The van der Waals surface area contributed by atoms with Crippen molar-refractivity contribution in [2.45, 2.75) is 18.5 Å². The highest BCUT2D eigenvalue weighted by molar-refractivity contribution is 6.21. The Morgan fingerprint density at radius 2 is 1.89 bits per heavy atom. The van der Waals surface area contributed by atoms with Gasteiger partial charge in [0, 0.05) is 12.1 Å². The minimum Gasteiger partial charge on any atom is -0.271 e. The number of halogens is 1. The molecule has 0 N–H and O–H groups in total. The van der Waals surface area contributed by atoms with Crippen LogP contribution in [0.3, 0.4) is 0 Å². The molecule has 0 saturated heterocycles. The van der Waals surface area contributed by atoms with Crippen LogP contribution in [0.1, 0.15) is 33.6 Å². The number of hydrogen-bond acceptors (Lipinski definition) is 4. The predicted octanol–water partition coefficient (Wildman–Crippen LogP) is 1.69. The Bertz CT molecular complexity index is 624. The minimum absolute atomic E-state index is 0.0246. The SMILES string of the molecule is O=C1c2ccc([N+](=O)[O-])cc2C(=O)N1CC1(F)CC1. The van der Waals surface area contributed by atoms with Crippen LogP contribution in [0.15, 0.2) is 18.2 Å². The van der Waals surface area contributed by atoms with E-state index in [-0.39, 0.29) is 23.4 Å². The number of non-ortho nitro benzene ring substituents is 1. The van der Waals surface area contributed by atoms with Crippen LogP contribution in [0.5, 0.6) is 0 Å². The van der Waals surface area contributed by atoms with Gasteiger partial charge in [0.05, 0.1) is 22.6 Å².